The van der Waals surface area contributed by atoms with Crippen LogP contribution in [0.25, 0.3) is 21.9 Å². The van der Waals surface area contributed by atoms with Crippen molar-refractivity contribution in [3.63, 3.8) is 0 Å². The van der Waals surface area contributed by atoms with Crippen LogP contribution in [0.1, 0.15) is 5.56 Å². The summed E-state index contributed by atoms with van der Waals surface area (Å²) in [6.45, 7) is 2.13. The summed E-state index contributed by atoms with van der Waals surface area (Å²) >= 11 is 0. The zero-order chi connectivity index (χ0) is 34.3. The molecule has 3 heterocycles. The molecule has 0 aliphatic carbocycles. The molecule has 0 bridgehead atoms. The van der Waals surface area contributed by atoms with E-state index >= 15 is 0 Å². The minimum Gasteiger partial charge on any atom is -0.458 e. The second kappa shape index (κ2) is 11.1. The van der Waals surface area contributed by atoms with Crippen LogP contribution >= 0.6 is 0 Å². The van der Waals surface area contributed by atoms with E-state index in [9.17, 15) is 0 Å². The molecule has 244 valence electrons. The number of rotatable bonds is 4. The van der Waals surface area contributed by atoms with Crippen LogP contribution in [0.15, 0.2) is 170 Å². The first-order chi connectivity index (χ1) is 25.7. The van der Waals surface area contributed by atoms with Gasteiger partial charge in [0.2, 0.25) is 0 Å². The lowest BCUT2D eigenvalue weighted by Gasteiger charge is -2.38. The molecule has 3 aliphatic heterocycles. The van der Waals surface area contributed by atoms with Crippen LogP contribution in [0.2, 0.25) is 0 Å². The van der Waals surface area contributed by atoms with Gasteiger partial charge in [-0.1, -0.05) is 96.6 Å². The van der Waals surface area contributed by atoms with Gasteiger partial charge in [0.05, 0.1) is 17.1 Å². The Hall–Kier alpha value is -6.72. The Morgan fingerprint density at radius 1 is 0.500 bits per heavy atom. The Morgan fingerprint density at radius 2 is 1.15 bits per heavy atom. The summed E-state index contributed by atoms with van der Waals surface area (Å²) in [4.78, 5) is 4.79. The van der Waals surface area contributed by atoms with Crippen molar-refractivity contribution in [3.8, 4) is 34.1 Å². The van der Waals surface area contributed by atoms with E-state index in [0.29, 0.717) is 0 Å². The average molecular weight is 667 g/mol. The summed E-state index contributed by atoms with van der Waals surface area (Å²) in [5.74, 6) is 3.48. The van der Waals surface area contributed by atoms with E-state index in [1.54, 1.807) is 0 Å². The summed E-state index contributed by atoms with van der Waals surface area (Å²) < 4.78 is 13.3. The van der Waals surface area contributed by atoms with Gasteiger partial charge in [0.1, 0.15) is 23.0 Å². The standard InChI is InChI=1S/C47H31BN2O2/c1-30-23-26-42-37(27-30)48-38-29-41-36(28-45(38)52-44-22-12-21-43(51-42)47(44)48)34-24-25-39(49(31-13-5-2-6-14-31)32-15-7-3-8-16-32)35-19-11-20-40(46(34)35)50(41)33-17-9-4-10-18-33/h2-29H,1H3. The molecule has 52 heavy (non-hydrogen) atoms. The van der Waals surface area contributed by atoms with E-state index in [1.165, 1.54) is 27.4 Å². The Kier molecular flexibility index (Phi) is 6.23. The third-order valence-electron chi connectivity index (χ3n) is 10.7. The third kappa shape index (κ3) is 4.23. The number of nitrogens with zero attached hydrogens (tertiary/aromatic N) is 2. The number of hydrogen-bond donors (Lipinski definition) is 0. The van der Waals surface area contributed by atoms with E-state index in [1.807, 2.05) is 6.07 Å². The van der Waals surface area contributed by atoms with Crippen LogP contribution < -0.4 is 35.7 Å². The minimum atomic E-state index is -0.0219. The van der Waals surface area contributed by atoms with Crippen molar-refractivity contribution in [2.24, 2.45) is 0 Å². The van der Waals surface area contributed by atoms with Crippen molar-refractivity contribution in [1.29, 1.82) is 0 Å². The van der Waals surface area contributed by atoms with Crippen molar-refractivity contribution in [3.05, 3.63) is 175 Å². The van der Waals surface area contributed by atoms with Crippen molar-refractivity contribution < 1.29 is 9.47 Å². The van der Waals surface area contributed by atoms with Crippen LogP contribution in [0.3, 0.4) is 0 Å². The van der Waals surface area contributed by atoms with Gasteiger partial charge in [-0.15, -0.1) is 0 Å². The molecule has 8 aromatic carbocycles. The summed E-state index contributed by atoms with van der Waals surface area (Å²) in [6, 6.07) is 60.6. The minimum absolute atomic E-state index is 0.0219. The second-order valence-electron chi connectivity index (χ2n) is 13.8. The first kappa shape index (κ1) is 29.1. The maximum atomic E-state index is 6.83. The van der Waals surface area contributed by atoms with Gasteiger partial charge in [-0.2, -0.15) is 0 Å². The van der Waals surface area contributed by atoms with Gasteiger partial charge in [0.15, 0.2) is 0 Å². The summed E-state index contributed by atoms with van der Waals surface area (Å²) in [5.41, 5.74) is 13.7. The smallest absolute Gasteiger partial charge is 0.260 e. The molecule has 11 rings (SSSR count). The highest BCUT2D eigenvalue weighted by molar-refractivity contribution is 6.98. The van der Waals surface area contributed by atoms with Gasteiger partial charge < -0.3 is 19.3 Å². The number of hydrogen-bond acceptors (Lipinski definition) is 4. The number of ether oxygens (including phenoxy) is 2. The van der Waals surface area contributed by atoms with Crippen LogP contribution in [0.5, 0.6) is 23.0 Å². The number of anilines is 6. The lowest BCUT2D eigenvalue weighted by atomic mass is 9.34. The molecule has 0 fully saturated rings. The van der Waals surface area contributed by atoms with Crippen LogP contribution in [-0.2, 0) is 0 Å². The summed E-state index contributed by atoms with van der Waals surface area (Å²) in [7, 11) is 0. The van der Waals surface area contributed by atoms with E-state index < -0.39 is 0 Å². The molecule has 3 aliphatic rings. The van der Waals surface area contributed by atoms with E-state index in [2.05, 4.69) is 181 Å². The largest absolute Gasteiger partial charge is 0.458 e. The predicted octanol–water partition coefficient (Wildman–Crippen LogP) is 10.8. The molecule has 0 unspecified atom stereocenters. The fourth-order valence-corrected chi connectivity index (χ4v) is 8.53. The lowest BCUT2D eigenvalue weighted by molar-refractivity contribution is 0.464. The molecule has 4 nitrogen and oxygen atoms in total. The van der Waals surface area contributed by atoms with Crippen LogP contribution in [0, 0.1) is 6.92 Å². The van der Waals surface area contributed by atoms with E-state index in [-0.39, 0.29) is 6.71 Å². The van der Waals surface area contributed by atoms with Gasteiger partial charge in [0, 0.05) is 38.9 Å². The number of fused-ring (bicyclic) bond motifs is 6. The highest BCUT2D eigenvalue weighted by Gasteiger charge is 2.41. The molecular formula is C47H31BN2O2. The monoisotopic (exact) mass is 666 g/mol. The highest BCUT2D eigenvalue weighted by atomic mass is 16.5. The quantitative estimate of drug-likeness (QED) is 0.175. The third-order valence-corrected chi connectivity index (χ3v) is 10.7. The van der Waals surface area contributed by atoms with E-state index in [4.69, 9.17) is 9.47 Å². The predicted molar refractivity (Wildman–Crippen MR) is 215 cm³/mol. The van der Waals surface area contributed by atoms with Crippen molar-refractivity contribution >= 4 is 68.0 Å². The first-order valence-electron chi connectivity index (χ1n) is 17.8. The lowest BCUT2D eigenvalue weighted by Crippen LogP contribution is -2.57. The highest BCUT2D eigenvalue weighted by Crippen LogP contribution is 2.54. The molecule has 0 atom stereocenters. The zero-order valence-corrected chi connectivity index (χ0v) is 28.5. The number of para-hydroxylation sites is 3. The van der Waals surface area contributed by atoms with Crippen LogP contribution in [0.4, 0.5) is 34.1 Å². The van der Waals surface area contributed by atoms with Gasteiger partial charge in [-0.3, -0.25) is 0 Å². The average Bonchev–Trinajstić information content (AvgIpc) is 3.19. The first-order valence-corrected chi connectivity index (χ1v) is 17.8. The molecular weight excluding hydrogens is 635 g/mol. The van der Waals surface area contributed by atoms with Crippen molar-refractivity contribution in [2.45, 2.75) is 6.92 Å². The maximum absolute atomic E-state index is 6.83. The maximum Gasteiger partial charge on any atom is 0.260 e. The molecule has 0 saturated heterocycles. The second-order valence-corrected chi connectivity index (χ2v) is 13.8. The molecule has 5 heteroatoms. The van der Waals surface area contributed by atoms with Crippen LogP contribution in [-0.4, -0.2) is 6.71 Å². The van der Waals surface area contributed by atoms with Gasteiger partial charge in [0.25, 0.3) is 6.71 Å². The van der Waals surface area contributed by atoms with E-state index in [0.717, 1.165) is 73.6 Å². The SMILES string of the molecule is Cc1ccc2c(c1)B1c3cc4c(cc3Oc3cccc(c31)O2)-c1ccc(N(c2ccccc2)c2ccccc2)c2cccc(c12)N4c1ccccc1. The topological polar surface area (TPSA) is 24.9 Å². The Bertz CT molecular complexity index is 2680. The Labute approximate surface area is 302 Å². The van der Waals surface area contributed by atoms with Crippen molar-refractivity contribution in [1.82, 2.24) is 0 Å². The Morgan fingerprint density at radius 3 is 1.88 bits per heavy atom. The van der Waals surface area contributed by atoms with Crippen molar-refractivity contribution in [2.75, 3.05) is 9.80 Å². The molecule has 0 amide bonds. The van der Waals surface area contributed by atoms with Gasteiger partial charge >= 0.3 is 0 Å². The molecule has 0 aromatic heterocycles. The summed E-state index contributed by atoms with van der Waals surface area (Å²) in [5, 5.41) is 2.38. The molecule has 8 aromatic rings. The normalized spacial score (nSPS) is 12.9. The number of benzene rings is 8. The number of aryl methyl sites for hydroxylation is 1. The fourth-order valence-electron chi connectivity index (χ4n) is 8.53. The van der Waals surface area contributed by atoms with Gasteiger partial charge in [-0.05, 0) is 102 Å². The molecule has 0 radical (unpaired) electrons. The fraction of sp³-hybridized carbons (Fsp3) is 0.0213. The van der Waals surface area contributed by atoms with Gasteiger partial charge in [-0.25, -0.2) is 0 Å². The summed E-state index contributed by atoms with van der Waals surface area (Å²) in [6.07, 6.45) is 0. The molecule has 0 saturated carbocycles. The zero-order valence-electron chi connectivity index (χ0n) is 28.5. The molecule has 0 N–H and O–H groups in total. The Balaban J connectivity index is 1.19. The molecule has 0 spiro atoms.